The number of rotatable bonds is 1. The molecule has 2 atom stereocenters. The fourth-order valence-electron chi connectivity index (χ4n) is 2.58. The van der Waals surface area contributed by atoms with Crippen LogP contribution in [0.2, 0.25) is 0 Å². The Bertz CT molecular complexity index is 419. The van der Waals surface area contributed by atoms with Crippen LogP contribution in [-0.2, 0) is 19.1 Å². The average molecular weight is 220 g/mol. The molecule has 84 valence electrons. The van der Waals surface area contributed by atoms with Crippen LogP contribution in [0.3, 0.4) is 0 Å². The summed E-state index contributed by atoms with van der Waals surface area (Å²) in [6, 6.07) is 0. The van der Waals surface area contributed by atoms with Crippen molar-refractivity contribution in [1.82, 2.24) is 0 Å². The van der Waals surface area contributed by atoms with Crippen LogP contribution in [0, 0.1) is 5.92 Å². The van der Waals surface area contributed by atoms with Crippen molar-refractivity contribution in [3.8, 4) is 0 Å². The Morgan fingerprint density at radius 1 is 1.38 bits per heavy atom. The highest BCUT2D eigenvalue weighted by molar-refractivity contribution is 5.98. The number of fused-ring (bicyclic) bond motifs is 2. The second-order valence-electron chi connectivity index (χ2n) is 4.29. The van der Waals surface area contributed by atoms with Crippen molar-refractivity contribution >= 4 is 12.1 Å². The van der Waals surface area contributed by atoms with Crippen molar-refractivity contribution in [2.24, 2.45) is 5.92 Å². The number of carbonyl (C=O) groups excluding carboxylic acids is 2. The summed E-state index contributed by atoms with van der Waals surface area (Å²) < 4.78 is 10.9. The molecule has 0 amide bonds. The van der Waals surface area contributed by atoms with E-state index in [4.69, 9.17) is 9.47 Å². The number of ether oxygens (including phenoxy) is 2. The van der Waals surface area contributed by atoms with Gasteiger partial charge in [-0.15, -0.1) is 0 Å². The fraction of sp³-hybridized carbons (Fsp3) is 0.500. The maximum absolute atomic E-state index is 11.8. The molecule has 4 nitrogen and oxygen atoms in total. The minimum atomic E-state index is -0.115. The molecule has 0 spiro atoms. The summed E-state index contributed by atoms with van der Waals surface area (Å²) in [6.45, 7) is 0.357. The van der Waals surface area contributed by atoms with Crippen molar-refractivity contribution < 1.29 is 19.1 Å². The van der Waals surface area contributed by atoms with Crippen molar-refractivity contribution in [2.75, 3.05) is 6.61 Å². The minimum absolute atomic E-state index is 0.0725. The molecule has 0 saturated heterocycles. The molecule has 0 saturated carbocycles. The Morgan fingerprint density at radius 3 is 3.06 bits per heavy atom. The zero-order valence-corrected chi connectivity index (χ0v) is 8.77. The molecular formula is C12H12O4. The van der Waals surface area contributed by atoms with Gasteiger partial charge in [-0.3, -0.25) is 9.59 Å². The van der Waals surface area contributed by atoms with Gasteiger partial charge < -0.3 is 9.47 Å². The first-order chi connectivity index (χ1) is 7.79. The third-order valence-corrected chi connectivity index (χ3v) is 3.31. The van der Waals surface area contributed by atoms with Crippen molar-refractivity contribution in [2.45, 2.75) is 25.4 Å². The van der Waals surface area contributed by atoms with Crippen LogP contribution in [0.15, 0.2) is 23.2 Å². The van der Waals surface area contributed by atoms with E-state index in [2.05, 4.69) is 0 Å². The number of aldehydes is 1. The van der Waals surface area contributed by atoms with Crippen LogP contribution < -0.4 is 0 Å². The van der Waals surface area contributed by atoms with E-state index in [-0.39, 0.29) is 17.8 Å². The molecule has 16 heavy (non-hydrogen) atoms. The average Bonchev–Trinajstić information content (AvgIpc) is 2.67. The van der Waals surface area contributed by atoms with Crippen LogP contribution in [0.4, 0.5) is 0 Å². The first-order valence-electron chi connectivity index (χ1n) is 5.52. The summed E-state index contributed by atoms with van der Waals surface area (Å²) in [5.41, 5.74) is 0.777. The van der Waals surface area contributed by atoms with Gasteiger partial charge in [-0.05, 0) is 12.5 Å². The monoisotopic (exact) mass is 220 g/mol. The van der Waals surface area contributed by atoms with E-state index < -0.39 is 0 Å². The van der Waals surface area contributed by atoms with Gasteiger partial charge in [0.15, 0.2) is 17.8 Å². The first kappa shape index (κ1) is 9.63. The number of hydrogen-bond acceptors (Lipinski definition) is 4. The lowest BCUT2D eigenvalue weighted by atomic mass is 9.85. The summed E-state index contributed by atoms with van der Waals surface area (Å²) in [4.78, 5) is 22.5. The van der Waals surface area contributed by atoms with Crippen molar-refractivity contribution in [1.29, 1.82) is 0 Å². The minimum Gasteiger partial charge on any atom is -0.490 e. The molecule has 1 aliphatic carbocycles. The van der Waals surface area contributed by atoms with E-state index in [0.717, 1.165) is 24.2 Å². The molecule has 0 unspecified atom stereocenters. The molecule has 3 aliphatic rings. The van der Waals surface area contributed by atoms with Gasteiger partial charge in [-0.2, -0.15) is 0 Å². The normalized spacial score (nSPS) is 32.2. The highest BCUT2D eigenvalue weighted by Gasteiger charge is 2.42. The van der Waals surface area contributed by atoms with Gasteiger partial charge in [0.2, 0.25) is 0 Å². The van der Waals surface area contributed by atoms with E-state index >= 15 is 0 Å². The van der Waals surface area contributed by atoms with Crippen LogP contribution in [0.1, 0.15) is 19.3 Å². The van der Waals surface area contributed by atoms with Crippen LogP contribution in [0.25, 0.3) is 0 Å². The molecule has 2 heterocycles. The van der Waals surface area contributed by atoms with Gasteiger partial charge in [-0.25, -0.2) is 0 Å². The van der Waals surface area contributed by atoms with Crippen LogP contribution in [-0.4, -0.2) is 24.8 Å². The lowest BCUT2D eigenvalue weighted by molar-refractivity contribution is -0.116. The van der Waals surface area contributed by atoms with Crippen LogP contribution in [0.5, 0.6) is 0 Å². The number of carbonyl (C=O) groups is 2. The summed E-state index contributed by atoms with van der Waals surface area (Å²) in [5.74, 6) is 1.23. The molecule has 2 aliphatic heterocycles. The third-order valence-electron chi connectivity index (χ3n) is 3.31. The van der Waals surface area contributed by atoms with Gasteiger partial charge in [0.05, 0.1) is 5.92 Å². The standard InChI is InChI=1S/C12H12O4/c13-5-7-4-8-11(6-15-7)16-10-3-1-2-9(14)12(8)10/h4-5,8,11H,1-3,6H2/t8-,11+/m1/s1. The molecule has 0 fully saturated rings. The molecule has 0 aromatic carbocycles. The van der Waals surface area contributed by atoms with Crippen molar-refractivity contribution in [3.05, 3.63) is 23.2 Å². The summed E-state index contributed by atoms with van der Waals surface area (Å²) in [7, 11) is 0. The zero-order valence-electron chi connectivity index (χ0n) is 8.77. The Hall–Kier alpha value is -1.58. The lowest BCUT2D eigenvalue weighted by Gasteiger charge is -2.23. The summed E-state index contributed by atoms with van der Waals surface area (Å²) in [6.07, 6.45) is 4.57. The Labute approximate surface area is 92.9 Å². The molecular weight excluding hydrogens is 208 g/mol. The maximum Gasteiger partial charge on any atom is 0.184 e. The topological polar surface area (TPSA) is 52.6 Å². The Morgan fingerprint density at radius 2 is 2.25 bits per heavy atom. The molecule has 0 aromatic heterocycles. The Balaban J connectivity index is 1.99. The summed E-state index contributed by atoms with van der Waals surface area (Å²) >= 11 is 0. The smallest absolute Gasteiger partial charge is 0.184 e. The predicted octanol–water partition coefficient (Wildman–Crippen LogP) is 1.12. The first-order valence-corrected chi connectivity index (χ1v) is 5.52. The van der Waals surface area contributed by atoms with E-state index in [1.54, 1.807) is 6.08 Å². The predicted molar refractivity (Wildman–Crippen MR) is 54.3 cm³/mol. The number of allylic oxidation sites excluding steroid dienone is 2. The fourth-order valence-corrected chi connectivity index (χ4v) is 2.58. The van der Waals surface area contributed by atoms with E-state index in [0.29, 0.717) is 25.1 Å². The van der Waals surface area contributed by atoms with Gasteiger partial charge in [0.1, 0.15) is 18.5 Å². The van der Waals surface area contributed by atoms with Crippen molar-refractivity contribution in [3.63, 3.8) is 0 Å². The Kier molecular flexibility index (Phi) is 2.09. The molecule has 3 rings (SSSR count). The van der Waals surface area contributed by atoms with E-state index in [9.17, 15) is 9.59 Å². The second kappa shape index (κ2) is 3.47. The molecule has 0 aromatic rings. The third kappa shape index (κ3) is 1.29. The summed E-state index contributed by atoms with van der Waals surface area (Å²) in [5, 5.41) is 0. The molecule has 0 radical (unpaired) electrons. The maximum atomic E-state index is 11.8. The SMILES string of the molecule is O=CC1=C[C@H]2C3=C(CCCC3=O)O[C@H]2CO1. The quantitative estimate of drug-likeness (QED) is 0.621. The lowest BCUT2D eigenvalue weighted by Crippen LogP contribution is -2.29. The van der Waals surface area contributed by atoms with E-state index in [1.807, 2.05) is 0 Å². The van der Waals surface area contributed by atoms with Gasteiger partial charge in [0.25, 0.3) is 0 Å². The molecule has 0 bridgehead atoms. The second-order valence-corrected chi connectivity index (χ2v) is 4.29. The molecule has 4 heteroatoms. The highest BCUT2D eigenvalue weighted by Crippen LogP contribution is 2.41. The number of ketones is 1. The molecule has 0 N–H and O–H groups in total. The number of hydrogen-bond donors (Lipinski definition) is 0. The van der Waals surface area contributed by atoms with Gasteiger partial charge >= 0.3 is 0 Å². The highest BCUT2D eigenvalue weighted by atomic mass is 16.5. The van der Waals surface area contributed by atoms with Crippen LogP contribution >= 0.6 is 0 Å². The van der Waals surface area contributed by atoms with E-state index in [1.165, 1.54) is 0 Å². The number of Topliss-reactive ketones (excluding diaryl/α,β-unsaturated/α-hetero) is 1. The largest absolute Gasteiger partial charge is 0.490 e. The van der Waals surface area contributed by atoms with Gasteiger partial charge in [-0.1, -0.05) is 0 Å². The zero-order chi connectivity index (χ0) is 11.1. The van der Waals surface area contributed by atoms with Gasteiger partial charge in [0, 0.05) is 18.4 Å².